The van der Waals surface area contributed by atoms with Gasteiger partial charge in [-0.15, -0.1) is 0 Å². The van der Waals surface area contributed by atoms with Gasteiger partial charge in [-0.3, -0.25) is 4.79 Å². The minimum Gasteiger partial charge on any atom is -0.352 e. The summed E-state index contributed by atoms with van der Waals surface area (Å²) < 4.78 is 25.2. The SMILES string of the molecule is O=C(NCC1CC(F)C1)c1ccnc(F)c1. The molecule has 1 aliphatic rings. The van der Waals surface area contributed by atoms with Gasteiger partial charge < -0.3 is 5.32 Å². The predicted octanol–water partition coefficient (Wildman–Crippen LogP) is 1.70. The molecule has 1 aromatic rings. The molecule has 0 radical (unpaired) electrons. The summed E-state index contributed by atoms with van der Waals surface area (Å²) in [7, 11) is 0. The summed E-state index contributed by atoms with van der Waals surface area (Å²) in [5.41, 5.74) is 0.239. The fourth-order valence-corrected chi connectivity index (χ4v) is 1.70. The van der Waals surface area contributed by atoms with E-state index < -0.39 is 12.1 Å². The molecule has 0 unspecified atom stereocenters. The molecule has 1 aliphatic carbocycles. The predicted molar refractivity (Wildman–Crippen MR) is 54.1 cm³/mol. The number of carbonyl (C=O) groups is 1. The molecule has 1 aromatic heterocycles. The Hall–Kier alpha value is -1.52. The lowest BCUT2D eigenvalue weighted by Gasteiger charge is -2.29. The van der Waals surface area contributed by atoms with Gasteiger partial charge in [0.05, 0.1) is 0 Å². The van der Waals surface area contributed by atoms with Gasteiger partial charge in [0, 0.05) is 24.4 Å². The minimum atomic E-state index is -0.722. The molecule has 0 saturated heterocycles. The second-order valence-corrected chi connectivity index (χ2v) is 4.01. The Morgan fingerprint density at radius 2 is 2.31 bits per heavy atom. The number of aromatic nitrogens is 1. The van der Waals surface area contributed by atoms with E-state index in [4.69, 9.17) is 0 Å². The summed E-state index contributed by atoms with van der Waals surface area (Å²) in [6.45, 7) is 0.448. The summed E-state index contributed by atoms with van der Waals surface area (Å²) in [5.74, 6) is -0.811. The smallest absolute Gasteiger partial charge is 0.251 e. The fourth-order valence-electron chi connectivity index (χ4n) is 1.70. The largest absolute Gasteiger partial charge is 0.352 e. The molecular formula is C11H12F2N2O. The molecular weight excluding hydrogens is 214 g/mol. The van der Waals surface area contributed by atoms with Crippen LogP contribution in [0.5, 0.6) is 0 Å². The van der Waals surface area contributed by atoms with Crippen LogP contribution in [0.25, 0.3) is 0 Å². The van der Waals surface area contributed by atoms with E-state index in [1.807, 2.05) is 0 Å². The molecule has 0 aromatic carbocycles. The first kappa shape index (κ1) is 11.0. The van der Waals surface area contributed by atoms with Crippen molar-refractivity contribution in [3.63, 3.8) is 0 Å². The molecule has 1 heterocycles. The highest BCUT2D eigenvalue weighted by molar-refractivity contribution is 5.93. The fraction of sp³-hybridized carbons (Fsp3) is 0.455. The van der Waals surface area contributed by atoms with Gasteiger partial charge in [0.25, 0.3) is 5.91 Å². The van der Waals surface area contributed by atoms with Crippen molar-refractivity contribution in [3.8, 4) is 0 Å². The molecule has 0 aliphatic heterocycles. The first-order valence-electron chi connectivity index (χ1n) is 5.19. The molecule has 0 atom stereocenters. The lowest BCUT2D eigenvalue weighted by Crippen LogP contribution is -2.36. The Morgan fingerprint density at radius 1 is 1.56 bits per heavy atom. The molecule has 1 N–H and O–H groups in total. The lowest BCUT2D eigenvalue weighted by atomic mass is 9.83. The summed E-state index contributed by atoms with van der Waals surface area (Å²) in [6.07, 6.45) is 1.53. The monoisotopic (exact) mass is 226 g/mol. The van der Waals surface area contributed by atoms with Crippen LogP contribution in [-0.2, 0) is 0 Å². The quantitative estimate of drug-likeness (QED) is 0.797. The maximum Gasteiger partial charge on any atom is 0.251 e. The highest BCUT2D eigenvalue weighted by atomic mass is 19.1. The van der Waals surface area contributed by atoms with Crippen molar-refractivity contribution in [2.45, 2.75) is 19.0 Å². The van der Waals surface area contributed by atoms with Crippen LogP contribution in [0.15, 0.2) is 18.3 Å². The maximum atomic E-state index is 12.7. The van der Waals surface area contributed by atoms with E-state index in [1.165, 1.54) is 12.3 Å². The van der Waals surface area contributed by atoms with Crippen LogP contribution in [0, 0.1) is 11.9 Å². The molecule has 86 valence electrons. The van der Waals surface area contributed by atoms with Gasteiger partial charge >= 0.3 is 0 Å². The molecule has 1 saturated carbocycles. The number of hydrogen-bond acceptors (Lipinski definition) is 2. The van der Waals surface area contributed by atoms with Crippen molar-refractivity contribution >= 4 is 5.91 Å². The zero-order valence-electron chi connectivity index (χ0n) is 8.62. The third-order valence-corrected chi connectivity index (χ3v) is 2.72. The van der Waals surface area contributed by atoms with Crippen LogP contribution in [0.4, 0.5) is 8.78 Å². The van der Waals surface area contributed by atoms with Crippen molar-refractivity contribution in [1.82, 2.24) is 10.3 Å². The van der Waals surface area contributed by atoms with Crippen molar-refractivity contribution in [3.05, 3.63) is 29.8 Å². The number of rotatable bonds is 3. The normalized spacial score (nSPS) is 23.6. The van der Waals surface area contributed by atoms with Crippen molar-refractivity contribution in [1.29, 1.82) is 0 Å². The molecule has 3 nitrogen and oxygen atoms in total. The highest BCUT2D eigenvalue weighted by Gasteiger charge is 2.28. The third-order valence-electron chi connectivity index (χ3n) is 2.72. The molecule has 16 heavy (non-hydrogen) atoms. The van der Waals surface area contributed by atoms with Gasteiger partial charge in [0.1, 0.15) is 6.17 Å². The minimum absolute atomic E-state index is 0.214. The van der Waals surface area contributed by atoms with Crippen LogP contribution in [0.2, 0.25) is 0 Å². The Bertz CT molecular complexity index is 391. The van der Waals surface area contributed by atoms with Gasteiger partial charge in [-0.25, -0.2) is 9.37 Å². The molecule has 1 fully saturated rings. The number of amides is 1. The molecule has 5 heteroatoms. The number of carbonyl (C=O) groups excluding carboxylic acids is 1. The van der Waals surface area contributed by atoms with E-state index in [0.29, 0.717) is 19.4 Å². The standard InChI is InChI=1S/C11H12F2N2O/c12-9-3-7(4-9)6-15-11(16)8-1-2-14-10(13)5-8/h1-2,5,7,9H,3-4,6H2,(H,15,16). The topological polar surface area (TPSA) is 42.0 Å². The van der Waals surface area contributed by atoms with Gasteiger partial charge in [0.2, 0.25) is 5.95 Å². The Kier molecular flexibility index (Phi) is 3.12. The van der Waals surface area contributed by atoms with Gasteiger partial charge in [0.15, 0.2) is 0 Å². The zero-order valence-corrected chi connectivity index (χ0v) is 8.62. The van der Waals surface area contributed by atoms with E-state index in [1.54, 1.807) is 0 Å². The van der Waals surface area contributed by atoms with E-state index in [-0.39, 0.29) is 17.4 Å². The molecule has 0 bridgehead atoms. The number of alkyl halides is 1. The number of pyridine rings is 1. The molecule has 2 rings (SSSR count). The molecule has 0 spiro atoms. The van der Waals surface area contributed by atoms with Gasteiger partial charge in [-0.2, -0.15) is 4.39 Å². The van der Waals surface area contributed by atoms with Crippen molar-refractivity contribution in [2.24, 2.45) is 5.92 Å². The summed E-state index contributed by atoms with van der Waals surface area (Å²) in [4.78, 5) is 14.9. The summed E-state index contributed by atoms with van der Waals surface area (Å²) >= 11 is 0. The Morgan fingerprint density at radius 3 is 2.94 bits per heavy atom. The van der Waals surface area contributed by atoms with E-state index in [2.05, 4.69) is 10.3 Å². The average molecular weight is 226 g/mol. The van der Waals surface area contributed by atoms with Crippen molar-refractivity contribution in [2.75, 3.05) is 6.54 Å². The summed E-state index contributed by atoms with van der Waals surface area (Å²) in [5, 5.41) is 2.65. The van der Waals surface area contributed by atoms with Crippen LogP contribution < -0.4 is 5.32 Å². The van der Waals surface area contributed by atoms with Crippen LogP contribution >= 0.6 is 0 Å². The van der Waals surface area contributed by atoms with Crippen LogP contribution in [0.1, 0.15) is 23.2 Å². The Labute approximate surface area is 91.9 Å². The number of hydrogen-bond donors (Lipinski definition) is 1. The lowest BCUT2D eigenvalue weighted by molar-refractivity contribution is 0.0895. The second-order valence-electron chi connectivity index (χ2n) is 4.01. The number of halogens is 2. The first-order chi connectivity index (χ1) is 7.65. The first-order valence-corrected chi connectivity index (χ1v) is 5.19. The van der Waals surface area contributed by atoms with Crippen LogP contribution in [-0.4, -0.2) is 23.6 Å². The van der Waals surface area contributed by atoms with Crippen LogP contribution in [0.3, 0.4) is 0 Å². The van der Waals surface area contributed by atoms with Crippen molar-refractivity contribution < 1.29 is 13.6 Å². The maximum absolute atomic E-state index is 12.7. The van der Waals surface area contributed by atoms with E-state index in [0.717, 1.165) is 6.07 Å². The summed E-state index contributed by atoms with van der Waals surface area (Å²) in [6, 6.07) is 2.52. The Balaban J connectivity index is 1.84. The number of nitrogens with one attached hydrogen (secondary N) is 1. The molecule has 1 amide bonds. The highest BCUT2D eigenvalue weighted by Crippen LogP contribution is 2.29. The average Bonchev–Trinajstić information content (AvgIpc) is 2.22. The zero-order chi connectivity index (χ0) is 11.5. The second kappa shape index (κ2) is 4.55. The van der Waals surface area contributed by atoms with E-state index in [9.17, 15) is 13.6 Å². The van der Waals surface area contributed by atoms with Gasteiger partial charge in [-0.05, 0) is 24.8 Å². The van der Waals surface area contributed by atoms with Gasteiger partial charge in [-0.1, -0.05) is 0 Å². The number of nitrogens with zero attached hydrogens (tertiary/aromatic N) is 1. The van der Waals surface area contributed by atoms with E-state index >= 15 is 0 Å². The third kappa shape index (κ3) is 2.53.